The molecule has 0 N–H and O–H groups in total. The highest BCUT2D eigenvalue weighted by Crippen LogP contribution is 2.62. The number of benzene rings is 2. The highest BCUT2D eigenvalue weighted by Gasteiger charge is 2.74. The number of rotatable bonds is 8. The summed E-state index contributed by atoms with van der Waals surface area (Å²) in [5, 5.41) is 0. The summed E-state index contributed by atoms with van der Waals surface area (Å²) in [7, 11) is 1.39. The molecule has 0 amide bonds. The fourth-order valence-electron chi connectivity index (χ4n) is 8.20. The van der Waals surface area contributed by atoms with Crippen molar-refractivity contribution in [3.8, 4) is 0 Å². The maximum atomic E-state index is 15.0. The number of hydrogen-bond donors (Lipinski definition) is 0. The van der Waals surface area contributed by atoms with Gasteiger partial charge in [-0.05, 0) is 25.3 Å². The van der Waals surface area contributed by atoms with Gasteiger partial charge in [0.15, 0.2) is 23.2 Å². The van der Waals surface area contributed by atoms with Crippen molar-refractivity contribution in [2.24, 2.45) is 17.8 Å². The van der Waals surface area contributed by atoms with Gasteiger partial charge in [-0.1, -0.05) is 80.6 Å². The van der Waals surface area contributed by atoms with Crippen LogP contribution in [0, 0.1) is 17.8 Å². The molecule has 2 saturated heterocycles. The van der Waals surface area contributed by atoms with Crippen molar-refractivity contribution in [3.05, 3.63) is 95.3 Å². The highest BCUT2D eigenvalue weighted by atomic mass is 19.4. The Balaban J connectivity index is 1.48. The minimum Gasteiger partial charge on any atom is -0.482 e. The van der Waals surface area contributed by atoms with Crippen molar-refractivity contribution in [2.45, 2.75) is 87.0 Å². The van der Waals surface area contributed by atoms with Gasteiger partial charge in [0.2, 0.25) is 0 Å². The van der Waals surface area contributed by atoms with Crippen LogP contribution in [0.1, 0.15) is 51.2 Å². The zero-order valence-corrected chi connectivity index (χ0v) is 30.3. The first-order valence-corrected chi connectivity index (χ1v) is 17.4. The molecule has 7 rings (SSSR count). The van der Waals surface area contributed by atoms with E-state index in [1.807, 2.05) is 0 Å². The lowest BCUT2D eigenvalue weighted by atomic mass is 9.58. The van der Waals surface area contributed by atoms with Crippen molar-refractivity contribution >= 4 is 23.7 Å². The van der Waals surface area contributed by atoms with Gasteiger partial charge in [0.05, 0.1) is 5.92 Å². The van der Waals surface area contributed by atoms with E-state index in [9.17, 15) is 32.3 Å². The number of Topliss-reactive ketones (excluding diaryl/α,β-unsaturated/α-hetero) is 1. The predicted octanol–water partition coefficient (Wildman–Crippen LogP) is 6.57. The van der Waals surface area contributed by atoms with Gasteiger partial charge in [-0.2, -0.15) is 26.3 Å². The molecule has 0 radical (unpaired) electrons. The van der Waals surface area contributed by atoms with Crippen molar-refractivity contribution < 1.29 is 73.9 Å². The topological polar surface area (TPSA) is 124 Å². The van der Waals surface area contributed by atoms with Crippen molar-refractivity contribution in [3.63, 3.8) is 0 Å². The lowest BCUT2D eigenvalue weighted by Crippen LogP contribution is -2.70. The monoisotopic (exact) mass is 780 g/mol. The zero-order valence-electron chi connectivity index (χ0n) is 30.3. The summed E-state index contributed by atoms with van der Waals surface area (Å²) in [5.74, 6) is -8.68. The molecule has 2 aromatic carbocycles. The van der Waals surface area contributed by atoms with Gasteiger partial charge in [-0.3, -0.25) is 4.79 Å². The molecular formula is C39H38F6O10. The predicted molar refractivity (Wildman–Crippen MR) is 177 cm³/mol. The van der Waals surface area contributed by atoms with Crippen LogP contribution >= 0.6 is 0 Å². The van der Waals surface area contributed by atoms with Crippen molar-refractivity contribution in [2.75, 3.05) is 14.2 Å². The Labute approximate surface area is 311 Å². The Morgan fingerprint density at radius 3 is 1.76 bits per heavy atom. The van der Waals surface area contributed by atoms with Gasteiger partial charge < -0.3 is 28.4 Å². The molecule has 3 heterocycles. The molecule has 2 aromatic rings. The molecule has 9 atom stereocenters. The van der Waals surface area contributed by atoms with Crippen LogP contribution < -0.4 is 0 Å². The number of carbonyl (C=O) groups excluding carboxylic acids is 4. The number of carbonyl (C=O) groups is 4. The van der Waals surface area contributed by atoms with Crippen LogP contribution in [-0.2, 0) is 58.8 Å². The average Bonchev–Trinajstić information content (AvgIpc) is 3.40. The van der Waals surface area contributed by atoms with E-state index in [2.05, 4.69) is 0 Å². The molecule has 10 nitrogen and oxygen atoms in total. The summed E-state index contributed by atoms with van der Waals surface area (Å²) in [6.07, 6.45) is -11.9. The second-order valence-corrected chi connectivity index (χ2v) is 14.4. The molecular weight excluding hydrogens is 742 g/mol. The van der Waals surface area contributed by atoms with E-state index >= 15 is 13.2 Å². The Morgan fingerprint density at radius 1 is 0.764 bits per heavy atom. The van der Waals surface area contributed by atoms with Crippen molar-refractivity contribution in [1.29, 1.82) is 0 Å². The second-order valence-electron chi connectivity index (χ2n) is 14.4. The van der Waals surface area contributed by atoms with E-state index in [-0.39, 0.29) is 25.0 Å². The number of ether oxygens (including phenoxy) is 6. The van der Waals surface area contributed by atoms with Crippen molar-refractivity contribution in [1.82, 2.24) is 0 Å². The Kier molecular flexibility index (Phi) is 10.0. The van der Waals surface area contributed by atoms with Gasteiger partial charge in [-0.15, -0.1) is 0 Å². The van der Waals surface area contributed by atoms with Gasteiger partial charge >= 0.3 is 30.3 Å². The first-order valence-electron chi connectivity index (χ1n) is 17.4. The molecule has 16 heteroatoms. The van der Waals surface area contributed by atoms with Gasteiger partial charge in [0.25, 0.3) is 11.2 Å². The normalized spacial score (nSPS) is 31.9. The number of ketones is 1. The van der Waals surface area contributed by atoms with Crippen LogP contribution in [0.25, 0.3) is 0 Å². The van der Waals surface area contributed by atoms with E-state index in [1.165, 1.54) is 62.4 Å². The average molecular weight is 781 g/mol. The Bertz CT molecular complexity index is 1910. The quantitative estimate of drug-likeness (QED) is 0.0956. The summed E-state index contributed by atoms with van der Waals surface area (Å²) in [6, 6.07) is 12.1. The third-order valence-corrected chi connectivity index (χ3v) is 11.4. The van der Waals surface area contributed by atoms with E-state index in [0.29, 0.717) is 14.2 Å². The highest BCUT2D eigenvalue weighted by molar-refractivity contribution is 6.19. The maximum Gasteiger partial charge on any atom is 0.432 e. The fourth-order valence-corrected chi connectivity index (χ4v) is 8.20. The molecule has 0 aromatic heterocycles. The van der Waals surface area contributed by atoms with E-state index < -0.39 is 105 Å². The number of halogens is 6. The number of methoxy groups -OCH3 is 2. The standard InChI is InChI=1S/C39H38F6O10/c1-21-16-18-26(46)28-30-35(55-31(28)47)20-22(2)34(3,54-30)29(53-33(49)37(51-5,39(43,44)45)24-14-10-7-11-15-24)25(35)17-19-27(21)52-32(48)36(50-4,38(40,41)42)23-12-8-6-9-13-23/h6-15,17,19,21-22,25,27,29H,16,18,20H2,1-5H3/b19-17+/t21-,22-,25-,27-,29-,34-,35-,36-,37-/m1/s1. The van der Waals surface area contributed by atoms with Crippen LogP contribution in [0.4, 0.5) is 26.3 Å². The van der Waals surface area contributed by atoms with Gasteiger partial charge in [0.1, 0.15) is 17.3 Å². The second kappa shape index (κ2) is 13.8. The van der Waals surface area contributed by atoms with Gasteiger partial charge in [0, 0.05) is 44.1 Å². The lowest BCUT2D eigenvalue weighted by Gasteiger charge is -2.60. The SMILES string of the molecule is CO[C@@](C(=O)O[C@@H]1[C@H]2/C=C/[C@@H](OC(=O)[C@](OC)(c3ccccc3)C(F)(F)F)[C@H](C)CCC(=O)C3=C4O[C@]1(C)[C@H](C)C[C@]42OC3=O)(c1ccccc1)C(F)(F)F. The van der Waals surface area contributed by atoms with E-state index in [1.54, 1.807) is 6.92 Å². The smallest absolute Gasteiger partial charge is 0.432 e. The molecule has 3 aliphatic heterocycles. The Morgan fingerprint density at radius 2 is 1.27 bits per heavy atom. The zero-order chi connectivity index (χ0) is 40.4. The lowest BCUT2D eigenvalue weighted by molar-refractivity contribution is -0.299. The van der Waals surface area contributed by atoms with Crippen LogP contribution in [0.2, 0.25) is 0 Å². The number of fused-ring (bicyclic) bond motifs is 1. The largest absolute Gasteiger partial charge is 0.482 e. The first kappa shape index (κ1) is 40.0. The molecule has 55 heavy (non-hydrogen) atoms. The molecule has 1 spiro atoms. The minimum absolute atomic E-state index is 0.0489. The van der Waals surface area contributed by atoms with Crippen LogP contribution in [0.3, 0.4) is 0 Å². The van der Waals surface area contributed by atoms with E-state index in [4.69, 9.17) is 28.4 Å². The minimum atomic E-state index is -5.37. The molecule has 3 fully saturated rings. The number of alkyl halides is 6. The fraction of sp³-hybridized carbons (Fsp3) is 0.487. The molecule has 296 valence electrons. The summed E-state index contributed by atoms with van der Waals surface area (Å²) >= 11 is 0. The third kappa shape index (κ3) is 5.94. The molecule has 0 unspecified atom stereocenters. The number of esters is 3. The third-order valence-electron chi connectivity index (χ3n) is 11.4. The van der Waals surface area contributed by atoms with Crippen LogP contribution in [0.15, 0.2) is 84.1 Å². The molecule has 5 aliphatic rings. The summed E-state index contributed by atoms with van der Waals surface area (Å²) < 4.78 is 123. The van der Waals surface area contributed by atoms with E-state index in [0.717, 1.165) is 24.3 Å². The maximum absolute atomic E-state index is 15.0. The van der Waals surface area contributed by atoms with Gasteiger partial charge in [-0.25, -0.2) is 14.4 Å². The molecule has 1 saturated carbocycles. The van der Waals surface area contributed by atoms with Crippen LogP contribution in [0.5, 0.6) is 0 Å². The summed E-state index contributed by atoms with van der Waals surface area (Å²) in [5.41, 5.74) is -12.4. The molecule has 5 bridgehead atoms. The summed E-state index contributed by atoms with van der Waals surface area (Å²) in [6.45, 7) is 4.57. The molecule has 2 aliphatic carbocycles. The first-order chi connectivity index (χ1) is 25.7. The van der Waals surface area contributed by atoms with Crippen LogP contribution in [-0.4, -0.2) is 73.7 Å². The summed E-state index contributed by atoms with van der Waals surface area (Å²) in [4.78, 5) is 55.0. The number of hydrogen-bond acceptors (Lipinski definition) is 10. The Hall–Kier alpha value is -4.70.